The maximum absolute atomic E-state index is 13.2. The molecule has 0 aliphatic carbocycles. The molecule has 1 saturated heterocycles. The van der Waals surface area contributed by atoms with Crippen molar-refractivity contribution in [2.75, 3.05) is 26.1 Å². The molecule has 1 aliphatic heterocycles. The van der Waals surface area contributed by atoms with Gasteiger partial charge in [-0.05, 0) is 43.5 Å². The molecule has 3 aromatic rings. The lowest BCUT2D eigenvalue weighted by molar-refractivity contribution is 0.203. The van der Waals surface area contributed by atoms with E-state index >= 15 is 0 Å². The normalized spacial score (nSPS) is 15.7. The molecule has 2 aromatic heterocycles. The molecule has 1 unspecified atom stereocenters. The third-order valence-electron chi connectivity index (χ3n) is 5.61. The summed E-state index contributed by atoms with van der Waals surface area (Å²) >= 11 is 0. The zero-order chi connectivity index (χ0) is 21.8. The first kappa shape index (κ1) is 20.7. The molecule has 2 amide bonds. The number of aryl methyl sites for hydroxylation is 1. The molecule has 0 bridgehead atoms. The van der Waals surface area contributed by atoms with Gasteiger partial charge in [0.25, 0.3) is 0 Å². The monoisotopic (exact) mass is 421 g/mol. The fraction of sp³-hybridized carbons (Fsp3) is 0.348. The van der Waals surface area contributed by atoms with Crippen LogP contribution in [0.5, 0.6) is 11.5 Å². The van der Waals surface area contributed by atoms with Crippen molar-refractivity contribution >= 4 is 11.7 Å². The van der Waals surface area contributed by atoms with Crippen molar-refractivity contribution in [2.24, 2.45) is 0 Å². The van der Waals surface area contributed by atoms with Crippen molar-refractivity contribution < 1.29 is 14.3 Å². The average molecular weight is 422 g/mol. The second-order valence-electron chi connectivity index (χ2n) is 7.55. The number of pyridine rings is 1. The van der Waals surface area contributed by atoms with Crippen LogP contribution in [0.2, 0.25) is 0 Å². The molecule has 162 valence electrons. The molecule has 8 nitrogen and oxygen atoms in total. The Labute approximate surface area is 181 Å². The Morgan fingerprint density at radius 3 is 2.84 bits per heavy atom. The third kappa shape index (κ3) is 4.33. The molecular formula is C23H27N5O3. The minimum atomic E-state index is -0.178. The van der Waals surface area contributed by atoms with Crippen LogP contribution in [0.4, 0.5) is 10.5 Å². The SMILES string of the molecule is COc1ccc(OC)c(NC(=O)N2CCCC2c2ncc(C)n2Cc2cccnc2)c1. The van der Waals surface area contributed by atoms with E-state index in [4.69, 9.17) is 9.47 Å². The van der Waals surface area contributed by atoms with E-state index in [0.717, 1.165) is 29.9 Å². The highest BCUT2D eigenvalue weighted by Gasteiger charge is 2.33. The number of methoxy groups -OCH3 is 2. The molecular weight excluding hydrogens is 394 g/mol. The van der Waals surface area contributed by atoms with Crippen LogP contribution < -0.4 is 14.8 Å². The molecule has 3 heterocycles. The Kier molecular flexibility index (Phi) is 6.06. The maximum Gasteiger partial charge on any atom is 0.322 e. The zero-order valence-corrected chi connectivity index (χ0v) is 18.0. The van der Waals surface area contributed by atoms with Crippen LogP contribution in [0.25, 0.3) is 0 Å². The lowest BCUT2D eigenvalue weighted by atomic mass is 10.2. The number of nitrogens with zero attached hydrogens (tertiary/aromatic N) is 4. The number of urea groups is 1. The van der Waals surface area contributed by atoms with E-state index in [9.17, 15) is 4.79 Å². The summed E-state index contributed by atoms with van der Waals surface area (Å²) in [6, 6.07) is 9.03. The number of carbonyl (C=O) groups is 1. The number of rotatable bonds is 6. The Bertz CT molecular complexity index is 1050. The Balaban J connectivity index is 1.57. The summed E-state index contributed by atoms with van der Waals surface area (Å²) < 4.78 is 12.9. The van der Waals surface area contributed by atoms with Gasteiger partial charge in [0.1, 0.15) is 17.3 Å². The average Bonchev–Trinajstić information content (AvgIpc) is 3.41. The van der Waals surface area contributed by atoms with E-state index in [-0.39, 0.29) is 12.1 Å². The van der Waals surface area contributed by atoms with E-state index < -0.39 is 0 Å². The number of nitrogens with one attached hydrogen (secondary N) is 1. The highest BCUT2D eigenvalue weighted by Crippen LogP contribution is 2.34. The number of anilines is 1. The summed E-state index contributed by atoms with van der Waals surface area (Å²) in [5.74, 6) is 2.13. The van der Waals surface area contributed by atoms with Gasteiger partial charge in [-0.25, -0.2) is 9.78 Å². The van der Waals surface area contributed by atoms with E-state index in [2.05, 4.69) is 19.9 Å². The Hall–Kier alpha value is -3.55. The van der Waals surface area contributed by atoms with Crippen molar-refractivity contribution in [2.45, 2.75) is 32.4 Å². The fourth-order valence-corrected chi connectivity index (χ4v) is 4.00. The van der Waals surface area contributed by atoms with E-state index in [1.807, 2.05) is 36.4 Å². The second kappa shape index (κ2) is 9.07. The van der Waals surface area contributed by atoms with Gasteiger partial charge in [-0.3, -0.25) is 4.98 Å². The quantitative estimate of drug-likeness (QED) is 0.650. The molecule has 0 saturated carbocycles. The molecule has 1 N–H and O–H groups in total. The van der Waals surface area contributed by atoms with Crippen LogP contribution >= 0.6 is 0 Å². The van der Waals surface area contributed by atoms with Crippen LogP contribution in [0.3, 0.4) is 0 Å². The van der Waals surface area contributed by atoms with Crippen LogP contribution in [-0.2, 0) is 6.54 Å². The van der Waals surface area contributed by atoms with Crippen molar-refractivity contribution in [1.29, 1.82) is 0 Å². The summed E-state index contributed by atoms with van der Waals surface area (Å²) in [4.78, 5) is 23.9. The van der Waals surface area contributed by atoms with Crippen LogP contribution in [0.15, 0.2) is 48.9 Å². The van der Waals surface area contributed by atoms with Crippen LogP contribution in [0, 0.1) is 6.92 Å². The van der Waals surface area contributed by atoms with Gasteiger partial charge in [0, 0.05) is 36.9 Å². The summed E-state index contributed by atoms with van der Waals surface area (Å²) in [5.41, 5.74) is 2.73. The van der Waals surface area contributed by atoms with Gasteiger partial charge >= 0.3 is 6.03 Å². The van der Waals surface area contributed by atoms with Crippen molar-refractivity contribution in [1.82, 2.24) is 19.4 Å². The van der Waals surface area contributed by atoms with Gasteiger partial charge in [0.2, 0.25) is 0 Å². The summed E-state index contributed by atoms with van der Waals surface area (Å²) in [6.07, 6.45) is 7.28. The first-order chi connectivity index (χ1) is 15.1. The molecule has 31 heavy (non-hydrogen) atoms. The van der Waals surface area contributed by atoms with Gasteiger partial charge in [-0.15, -0.1) is 0 Å². The van der Waals surface area contributed by atoms with Crippen molar-refractivity contribution in [3.05, 3.63) is 66.0 Å². The predicted octanol–water partition coefficient (Wildman–Crippen LogP) is 4.02. The summed E-state index contributed by atoms with van der Waals surface area (Å²) in [5, 5.41) is 2.99. The maximum atomic E-state index is 13.2. The first-order valence-corrected chi connectivity index (χ1v) is 10.3. The number of carbonyl (C=O) groups excluding carboxylic acids is 1. The molecule has 1 fully saturated rings. The Morgan fingerprint density at radius 2 is 2.10 bits per heavy atom. The second-order valence-corrected chi connectivity index (χ2v) is 7.55. The Morgan fingerprint density at radius 1 is 1.23 bits per heavy atom. The lowest BCUT2D eigenvalue weighted by Gasteiger charge is -2.26. The van der Waals surface area contributed by atoms with E-state index in [1.165, 1.54) is 0 Å². The standard InChI is InChI=1S/C23H27N5O3/c1-16-13-25-22(28(16)15-17-6-4-10-24-14-17)20-7-5-11-27(20)23(29)26-19-12-18(30-2)8-9-21(19)31-3/h4,6,8-10,12-14,20H,5,7,11,15H2,1-3H3,(H,26,29). The number of hydrogen-bond donors (Lipinski definition) is 1. The van der Waals surface area contributed by atoms with Crippen molar-refractivity contribution in [3.63, 3.8) is 0 Å². The van der Waals surface area contributed by atoms with E-state index in [0.29, 0.717) is 30.3 Å². The fourth-order valence-electron chi connectivity index (χ4n) is 4.00. The van der Waals surface area contributed by atoms with E-state index in [1.54, 1.807) is 38.6 Å². The highest BCUT2D eigenvalue weighted by molar-refractivity contribution is 5.91. The summed E-state index contributed by atoms with van der Waals surface area (Å²) in [6.45, 7) is 3.37. The zero-order valence-electron chi connectivity index (χ0n) is 18.0. The number of amides is 2. The lowest BCUT2D eigenvalue weighted by Crippen LogP contribution is -2.35. The molecule has 1 aromatic carbocycles. The number of aromatic nitrogens is 3. The largest absolute Gasteiger partial charge is 0.497 e. The van der Waals surface area contributed by atoms with Gasteiger partial charge in [-0.1, -0.05) is 6.07 Å². The van der Waals surface area contributed by atoms with Crippen molar-refractivity contribution in [3.8, 4) is 11.5 Å². The first-order valence-electron chi connectivity index (χ1n) is 10.3. The topological polar surface area (TPSA) is 81.5 Å². The number of likely N-dealkylation sites (tertiary alicyclic amines) is 1. The molecule has 1 aliphatic rings. The van der Waals surface area contributed by atoms with Gasteiger partial charge in [0.15, 0.2) is 0 Å². The van der Waals surface area contributed by atoms with Gasteiger partial charge in [-0.2, -0.15) is 0 Å². The minimum absolute atomic E-state index is 0.0954. The smallest absolute Gasteiger partial charge is 0.322 e. The number of hydrogen-bond acceptors (Lipinski definition) is 5. The molecule has 1 atom stereocenters. The highest BCUT2D eigenvalue weighted by atomic mass is 16.5. The number of benzene rings is 1. The van der Waals surface area contributed by atoms with Crippen LogP contribution in [-0.4, -0.2) is 46.2 Å². The minimum Gasteiger partial charge on any atom is -0.497 e. The predicted molar refractivity (Wildman–Crippen MR) is 118 cm³/mol. The van der Waals surface area contributed by atoms with Gasteiger partial charge in [0.05, 0.1) is 32.5 Å². The molecule has 8 heteroatoms. The number of ether oxygens (including phenoxy) is 2. The molecule has 0 spiro atoms. The van der Waals surface area contributed by atoms with Gasteiger partial charge < -0.3 is 24.3 Å². The third-order valence-corrected chi connectivity index (χ3v) is 5.61. The summed E-state index contributed by atoms with van der Waals surface area (Å²) in [7, 11) is 3.17. The number of imidazole rings is 1. The molecule has 0 radical (unpaired) electrons. The van der Waals surface area contributed by atoms with Crippen LogP contribution in [0.1, 0.15) is 36.0 Å². The molecule has 4 rings (SSSR count).